The van der Waals surface area contributed by atoms with Crippen LogP contribution in [-0.2, 0) is 11.0 Å². The molecule has 3 amide bonds. The molecule has 1 saturated heterocycles. The van der Waals surface area contributed by atoms with Crippen molar-refractivity contribution >= 4 is 23.2 Å². The maximum Gasteiger partial charge on any atom is 0.416 e. The van der Waals surface area contributed by atoms with E-state index in [0.717, 1.165) is 12.1 Å². The molecule has 2 aromatic rings. The molecule has 9 heteroatoms. The molecule has 0 spiro atoms. The molecule has 0 saturated carbocycles. The monoisotopic (exact) mass is 435 g/mol. The van der Waals surface area contributed by atoms with Crippen LogP contribution in [0, 0.1) is 5.82 Å². The van der Waals surface area contributed by atoms with Crippen molar-refractivity contribution in [3.8, 4) is 0 Å². The van der Waals surface area contributed by atoms with E-state index in [-0.39, 0.29) is 11.9 Å². The molecule has 1 unspecified atom stereocenters. The van der Waals surface area contributed by atoms with E-state index in [1.807, 2.05) is 0 Å². The summed E-state index contributed by atoms with van der Waals surface area (Å²) in [4.78, 5) is 26.2. The number of benzene rings is 2. The maximum absolute atomic E-state index is 12.9. The Bertz CT molecular complexity index is 970. The summed E-state index contributed by atoms with van der Waals surface area (Å²) in [5, 5.41) is 5.36. The van der Waals surface area contributed by atoms with Gasteiger partial charge in [-0.15, -0.1) is 0 Å². The Morgan fingerprint density at radius 1 is 1.06 bits per heavy atom. The molecule has 0 radical (unpaired) electrons. The van der Waals surface area contributed by atoms with Crippen LogP contribution in [0.3, 0.4) is 0 Å². The number of likely N-dealkylation sites (tertiary alicyclic amines) is 1. The summed E-state index contributed by atoms with van der Waals surface area (Å²) < 4.78 is 50.9. The molecule has 1 atom stereocenters. The highest BCUT2D eigenvalue weighted by Gasteiger charge is 2.30. The molecule has 3 rings (SSSR count). The third-order valence-electron chi connectivity index (χ3n) is 4.94. The smallest absolute Gasteiger partial charge is 0.337 e. The van der Waals surface area contributed by atoms with Crippen LogP contribution >= 0.6 is 0 Å². The quantitative estimate of drug-likeness (QED) is 0.542. The third kappa shape index (κ3) is 6.07. The van der Waals surface area contributed by atoms with Crippen LogP contribution in [0.15, 0.2) is 54.6 Å². The van der Waals surface area contributed by atoms with Gasteiger partial charge in [-0.05, 0) is 60.9 Å². The number of carbonyl (C=O) groups excluding carboxylic acids is 2. The van der Waals surface area contributed by atoms with Gasteiger partial charge in [-0.2, -0.15) is 13.2 Å². The van der Waals surface area contributed by atoms with Gasteiger partial charge in [-0.3, -0.25) is 4.79 Å². The van der Waals surface area contributed by atoms with Crippen molar-refractivity contribution in [3.63, 3.8) is 0 Å². The van der Waals surface area contributed by atoms with E-state index in [0.29, 0.717) is 36.3 Å². The maximum atomic E-state index is 12.9. The van der Waals surface area contributed by atoms with Crippen LogP contribution in [0.4, 0.5) is 28.0 Å². The first-order valence-corrected chi connectivity index (χ1v) is 9.60. The average Bonchev–Trinajstić information content (AvgIpc) is 3.17. The Morgan fingerprint density at radius 2 is 1.71 bits per heavy atom. The second-order valence-corrected chi connectivity index (χ2v) is 7.28. The molecule has 1 fully saturated rings. The number of amides is 3. The molecule has 164 valence electrons. The van der Waals surface area contributed by atoms with E-state index in [1.54, 1.807) is 11.8 Å². The zero-order valence-corrected chi connectivity index (χ0v) is 16.7. The second-order valence-electron chi connectivity index (χ2n) is 7.28. The predicted octanol–water partition coefficient (Wildman–Crippen LogP) is 4.67. The Kier molecular flexibility index (Phi) is 6.62. The summed E-state index contributed by atoms with van der Waals surface area (Å²) in [6.45, 7) is 2.41. The second kappa shape index (κ2) is 9.20. The molecule has 0 aromatic heterocycles. The third-order valence-corrected chi connectivity index (χ3v) is 4.94. The van der Waals surface area contributed by atoms with E-state index in [9.17, 15) is 27.2 Å². The van der Waals surface area contributed by atoms with E-state index in [1.165, 1.54) is 42.5 Å². The van der Waals surface area contributed by atoms with Crippen LogP contribution in [0.1, 0.15) is 24.5 Å². The molecule has 1 heterocycles. The predicted molar refractivity (Wildman–Crippen MR) is 109 cm³/mol. The lowest BCUT2D eigenvalue weighted by atomic mass is 10.0. The summed E-state index contributed by atoms with van der Waals surface area (Å²) in [6, 6.07) is 9.26. The number of alkyl halides is 3. The zero-order valence-electron chi connectivity index (χ0n) is 16.7. The summed E-state index contributed by atoms with van der Waals surface area (Å²) in [7, 11) is 0. The highest BCUT2D eigenvalue weighted by molar-refractivity contribution is 5.95. The molecular formula is C22H21F4N3O2. The van der Waals surface area contributed by atoms with Crippen molar-refractivity contribution in [3.05, 3.63) is 71.6 Å². The van der Waals surface area contributed by atoms with Gasteiger partial charge in [0.15, 0.2) is 0 Å². The number of carbonyl (C=O) groups is 2. The van der Waals surface area contributed by atoms with E-state index < -0.39 is 23.6 Å². The van der Waals surface area contributed by atoms with Gasteiger partial charge in [0.05, 0.1) is 5.56 Å². The Morgan fingerprint density at radius 3 is 2.32 bits per heavy atom. The SMILES string of the molecule is C/C(=C/C(=O)N1CCC(NC(=O)Nc2ccc(F)cc2)C1)c1ccc(C(F)(F)F)cc1. The van der Waals surface area contributed by atoms with E-state index >= 15 is 0 Å². The van der Waals surface area contributed by atoms with Crippen LogP contribution in [-0.4, -0.2) is 36.0 Å². The largest absolute Gasteiger partial charge is 0.416 e. The van der Waals surface area contributed by atoms with Crippen molar-refractivity contribution in [2.24, 2.45) is 0 Å². The number of anilines is 1. The van der Waals surface area contributed by atoms with Gasteiger partial charge < -0.3 is 15.5 Å². The lowest BCUT2D eigenvalue weighted by molar-refractivity contribution is -0.137. The molecule has 0 bridgehead atoms. The van der Waals surface area contributed by atoms with Gasteiger partial charge in [0, 0.05) is 30.9 Å². The first-order chi connectivity index (χ1) is 14.6. The number of allylic oxidation sites excluding steroid dienone is 1. The lowest BCUT2D eigenvalue weighted by Crippen LogP contribution is -2.40. The number of rotatable bonds is 4. The van der Waals surface area contributed by atoms with Crippen molar-refractivity contribution < 1.29 is 27.2 Å². The van der Waals surface area contributed by atoms with Gasteiger partial charge in [-0.25, -0.2) is 9.18 Å². The number of hydrogen-bond acceptors (Lipinski definition) is 2. The van der Waals surface area contributed by atoms with Gasteiger partial charge in [0.25, 0.3) is 0 Å². The normalized spacial score (nSPS) is 16.9. The van der Waals surface area contributed by atoms with E-state index in [4.69, 9.17) is 0 Å². The summed E-state index contributed by atoms with van der Waals surface area (Å²) >= 11 is 0. The molecule has 0 aliphatic carbocycles. The minimum absolute atomic E-state index is 0.246. The molecule has 2 N–H and O–H groups in total. The number of hydrogen-bond donors (Lipinski definition) is 2. The van der Waals surface area contributed by atoms with Crippen molar-refractivity contribution in [2.75, 3.05) is 18.4 Å². The molecular weight excluding hydrogens is 414 g/mol. The van der Waals surface area contributed by atoms with Crippen LogP contribution in [0.25, 0.3) is 5.57 Å². The highest BCUT2D eigenvalue weighted by Crippen LogP contribution is 2.30. The average molecular weight is 435 g/mol. The van der Waals surface area contributed by atoms with Crippen LogP contribution in [0.5, 0.6) is 0 Å². The molecule has 5 nitrogen and oxygen atoms in total. The fraction of sp³-hybridized carbons (Fsp3) is 0.273. The molecule has 31 heavy (non-hydrogen) atoms. The number of nitrogens with zero attached hydrogens (tertiary/aromatic N) is 1. The minimum atomic E-state index is -4.41. The highest BCUT2D eigenvalue weighted by atomic mass is 19.4. The van der Waals surface area contributed by atoms with Gasteiger partial charge in [-0.1, -0.05) is 12.1 Å². The van der Waals surface area contributed by atoms with Crippen molar-refractivity contribution in [1.29, 1.82) is 0 Å². The lowest BCUT2D eigenvalue weighted by Gasteiger charge is -2.16. The number of urea groups is 1. The van der Waals surface area contributed by atoms with Gasteiger partial charge in [0.1, 0.15) is 5.82 Å². The summed E-state index contributed by atoms with van der Waals surface area (Å²) in [6.07, 6.45) is -2.47. The first-order valence-electron chi connectivity index (χ1n) is 9.60. The van der Waals surface area contributed by atoms with Crippen LogP contribution < -0.4 is 10.6 Å². The molecule has 1 aliphatic heterocycles. The van der Waals surface area contributed by atoms with Gasteiger partial charge >= 0.3 is 12.2 Å². The molecule has 2 aromatic carbocycles. The summed E-state index contributed by atoms with van der Waals surface area (Å²) in [5.41, 5.74) is 0.765. The standard InChI is InChI=1S/C22H21F4N3O2/c1-14(15-2-4-16(5-3-15)22(24,25)26)12-20(30)29-11-10-19(13-29)28-21(31)27-18-8-6-17(23)7-9-18/h2-9,12,19H,10-11,13H2,1H3,(H2,27,28,31)/b14-12-. The first kappa shape index (κ1) is 22.3. The summed E-state index contributed by atoms with van der Waals surface area (Å²) in [5.74, 6) is -0.684. The van der Waals surface area contributed by atoms with Crippen LogP contribution in [0.2, 0.25) is 0 Å². The van der Waals surface area contributed by atoms with Gasteiger partial charge in [0.2, 0.25) is 5.91 Å². The fourth-order valence-corrected chi connectivity index (χ4v) is 3.25. The Balaban J connectivity index is 1.53. The van der Waals surface area contributed by atoms with Crippen molar-refractivity contribution in [1.82, 2.24) is 10.2 Å². The fourth-order valence-electron chi connectivity index (χ4n) is 3.25. The van der Waals surface area contributed by atoms with Crippen molar-refractivity contribution in [2.45, 2.75) is 25.6 Å². The molecule has 1 aliphatic rings. The Hall–Kier alpha value is -3.36. The topological polar surface area (TPSA) is 61.4 Å². The Labute approximate surface area is 176 Å². The van der Waals surface area contributed by atoms with E-state index in [2.05, 4.69) is 10.6 Å². The zero-order chi connectivity index (χ0) is 22.6. The number of halogens is 4. The number of nitrogens with one attached hydrogen (secondary N) is 2. The minimum Gasteiger partial charge on any atom is -0.337 e.